The molecule has 0 spiro atoms. The maximum absolute atomic E-state index is 13.0. The molecule has 6 N–H and O–H groups in total. The van der Waals surface area contributed by atoms with Crippen molar-refractivity contribution in [2.24, 2.45) is 11.8 Å². The van der Waals surface area contributed by atoms with Crippen molar-refractivity contribution in [3.8, 4) is 17.2 Å². The number of hydrogen-bond donors (Lipinski definition) is 6. The molecule has 10 atom stereocenters. The first-order valence-electron chi connectivity index (χ1n) is 12.0. The number of aliphatic hydroxyl groups excluding tert-OH is 4. The second-order valence-corrected chi connectivity index (χ2v) is 9.79. The lowest BCUT2D eigenvalue weighted by Crippen LogP contribution is -2.61. The van der Waals surface area contributed by atoms with Crippen molar-refractivity contribution in [1.29, 1.82) is 0 Å². The number of aromatic hydroxyl groups is 1. The summed E-state index contributed by atoms with van der Waals surface area (Å²) in [6.45, 7) is 1.13. The third-order valence-corrected chi connectivity index (χ3v) is 7.39. The van der Waals surface area contributed by atoms with E-state index < -0.39 is 67.2 Å². The minimum Gasteiger partial charge on any atom is -0.502 e. The minimum atomic E-state index is -1.64. The quantitative estimate of drug-likeness (QED) is 0.233. The molecular weight excluding hydrogens is 496 g/mol. The van der Waals surface area contributed by atoms with Crippen LogP contribution in [0.3, 0.4) is 0 Å². The van der Waals surface area contributed by atoms with Crippen molar-refractivity contribution in [3.63, 3.8) is 0 Å². The number of aliphatic hydroxyl groups is 5. The molecule has 0 aromatic heterocycles. The molecule has 37 heavy (non-hydrogen) atoms. The van der Waals surface area contributed by atoms with Gasteiger partial charge in [-0.3, -0.25) is 0 Å². The Balaban J connectivity index is 1.51. The lowest BCUT2D eigenvalue weighted by molar-refractivity contribution is -0.357. The molecular formula is C24H34O13. The van der Waals surface area contributed by atoms with Crippen LogP contribution in [0.4, 0.5) is 0 Å². The van der Waals surface area contributed by atoms with Gasteiger partial charge in [0.1, 0.15) is 30.5 Å². The summed E-state index contributed by atoms with van der Waals surface area (Å²) in [6, 6.07) is 2.64. The van der Waals surface area contributed by atoms with Crippen LogP contribution in [0.25, 0.3) is 0 Å². The van der Waals surface area contributed by atoms with Crippen LogP contribution < -0.4 is 9.47 Å². The van der Waals surface area contributed by atoms with Gasteiger partial charge in [0.25, 0.3) is 0 Å². The fourth-order valence-electron chi connectivity index (χ4n) is 5.45. The van der Waals surface area contributed by atoms with Crippen LogP contribution in [0, 0.1) is 11.8 Å². The van der Waals surface area contributed by atoms with E-state index in [0.29, 0.717) is 6.42 Å². The molecule has 2 aliphatic heterocycles. The van der Waals surface area contributed by atoms with Crippen molar-refractivity contribution < 1.29 is 63.9 Å². The molecule has 0 radical (unpaired) electrons. The molecule has 2 saturated heterocycles. The van der Waals surface area contributed by atoms with Gasteiger partial charge in [0.05, 0.1) is 38.6 Å². The van der Waals surface area contributed by atoms with Gasteiger partial charge < -0.3 is 59.1 Å². The van der Waals surface area contributed by atoms with Crippen molar-refractivity contribution >= 4 is 5.97 Å². The minimum absolute atomic E-state index is 0.0293. The Labute approximate surface area is 213 Å². The first kappa shape index (κ1) is 27.8. The molecule has 208 valence electrons. The highest BCUT2D eigenvalue weighted by Gasteiger charge is 2.58. The highest BCUT2D eigenvalue weighted by molar-refractivity contribution is 5.91. The standard InChI is InChI=1S/C24H34O13/c1-24(31)8-14(35-21(30)10-6-12(32-2)17(26)13(7-10)33-3)11-4-5-34-22(16(11)24)37-23-20(29)19(28)18(27)15(9-25)36-23/h6-7,11,14-16,18-20,22-23,25-29,31H,4-5,8-9H2,1-3H3/t11?,14?,15-,16-,18+,19-,20+,22-,23+,24-/m0/s1. The second-order valence-electron chi connectivity index (χ2n) is 9.79. The van der Waals surface area contributed by atoms with Gasteiger partial charge >= 0.3 is 5.97 Å². The van der Waals surface area contributed by atoms with Crippen molar-refractivity contribution in [2.45, 2.75) is 68.5 Å². The van der Waals surface area contributed by atoms with Crippen LogP contribution >= 0.6 is 0 Å². The molecule has 1 aromatic carbocycles. The van der Waals surface area contributed by atoms with E-state index in [1.807, 2.05) is 0 Å². The van der Waals surface area contributed by atoms with Gasteiger partial charge in [-0.2, -0.15) is 0 Å². The zero-order valence-electron chi connectivity index (χ0n) is 20.7. The van der Waals surface area contributed by atoms with E-state index in [4.69, 9.17) is 28.4 Å². The summed E-state index contributed by atoms with van der Waals surface area (Å²) in [7, 11) is 2.67. The number of esters is 1. The van der Waals surface area contributed by atoms with Gasteiger partial charge in [-0.1, -0.05) is 0 Å². The van der Waals surface area contributed by atoms with Gasteiger partial charge in [-0.25, -0.2) is 4.79 Å². The zero-order valence-corrected chi connectivity index (χ0v) is 20.7. The maximum atomic E-state index is 13.0. The normalized spacial score (nSPS) is 39.6. The topological polar surface area (TPSA) is 194 Å². The third kappa shape index (κ3) is 5.22. The highest BCUT2D eigenvalue weighted by Crippen LogP contribution is 2.49. The molecule has 3 aliphatic rings. The fraction of sp³-hybridized carbons (Fsp3) is 0.708. The number of phenolic OH excluding ortho intramolecular Hbond substituents is 1. The summed E-state index contributed by atoms with van der Waals surface area (Å²) in [5.41, 5.74) is -1.32. The summed E-state index contributed by atoms with van der Waals surface area (Å²) in [6.07, 6.45) is -8.75. The predicted molar refractivity (Wildman–Crippen MR) is 122 cm³/mol. The Kier molecular flexibility index (Phi) is 8.16. The fourth-order valence-corrected chi connectivity index (χ4v) is 5.45. The summed E-state index contributed by atoms with van der Waals surface area (Å²) in [5, 5.41) is 61.2. The number of carbonyl (C=O) groups excluding carboxylic acids is 1. The van der Waals surface area contributed by atoms with E-state index in [1.54, 1.807) is 6.92 Å². The van der Waals surface area contributed by atoms with Gasteiger partial charge in [-0.05, 0) is 25.5 Å². The molecule has 2 unspecified atom stereocenters. The Morgan fingerprint density at radius 1 is 1.08 bits per heavy atom. The third-order valence-electron chi connectivity index (χ3n) is 7.39. The number of hydrogen-bond acceptors (Lipinski definition) is 13. The lowest BCUT2D eigenvalue weighted by Gasteiger charge is -2.44. The number of methoxy groups -OCH3 is 2. The van der Waals surface area contributed by atoms with Crippen molar-refractivity contribution in [3.05, 3.63) is 17.7 Å². The number of benzene rings is 1. The molecule has 4 rings (SSSR count). The Morgan fingerprint density at radius 3 is 2.32 bits per heavy atom. The van der Waals surface area contributed by atoms with Gasteiger partial charge in [0.15, 0.2) is 24.1 Å². The summed E-state index contributed by atoms with van der Waals surface area (Å²) < 4.78 is 33.0. The molecule has 0 amide bonds. The smallest absolute Gasteiger partial charge is 0.338 e. The van der Waals surface area contributed by atoms with E-state index >= 15 is 0 Å². The Hall–Kier alpha value is -2.23. The van der Waals surface area contributed by atoms with Gasteiger partial charge in [0.2, 0.25) is 5.75 Å². The van der Waals surface area contributed by atoms with Crippen molar-refractivity contribution in [1.82, 2.24) is 0 Å². The van der Waals surface area contributed by atoms with E-state index in [-0.39, 0.29) is 41.8 Å². The molecule has 13 nitrogen and oxygen atoms in total. The molecule has 1 aromatic rings. The molecule has 1 aliphatic carbocycles. The number of carbonyl (C=O) groups is 1. The lowest BCUT2D eigenvalue weighted by atomic mass is 9.83. The number of ether oxygens (including phenoxy) is 6. The van der Waals surface area contributed by atoms with Crippen LogP contribution in [0.1, 0.15) is 30.1 Å². The SMILES string of the molecule is COc1cc(C(=O)OC2C[C@](C)(O)[C@H]3C2CCO[C@H]3O[C@H]2O[C@@H](CO)[C@@H](O)[C@H](O)[C@H]2O)cc(OC)c1O. The molecule has 0 bridgehead atoms. The van der Waals surface area contributed by atoms with Gasteiger partial charge in [0, 0.05) is 18.3 Å². The van der Waals surface area contributed by atoms with Crippen LogP contribution in [0.2, 0.25) is 0 Å². The van der Waals surface area contributed by atoms with E-state index in [2.05, 4.69) is 0 Å². The molecule has 1 saturated carbocycles. The van der Waals surface area contributed by atoms with E-state index in [9.17, 15) is 35.4 Å². The maximum Gasteiger partial charge on any atom is 0.338 e. The highest BCUT2D eigenvalue weighted by atomic mass is 16.8. The van der Waals surface area contributed by atoms with E-state index in [0.717, 1.165) is 0 Å². The summed E-state index contributed by atoms with van der Waals surface area (Å²) >= 11 is 0. The monoisotopic (exact) mass is 530 g/mol. The van der Waals surface area contributed by atoms with Crippen molar-refractivity contribution in [2.75, 3.05) is 27.4 Å². The molecule has 2 heterocycles. The van der Waals surface area contributed by atoms with E-state index in [1.165, 1.54) is 26.4 Å². The zero-order chi connectivity index (χ0) is 27.1. The second kappa shape index (κ2) is 10.9. The van der Waals surface area contributed by atoms with Crippen LogP contribution in [0.5, 0.6) is 17.2 Å². The van der Waals surface area contributed by atoms with Crippen LogP contribution in [-0.2, 0) is 18.9 Å². The summed E-state index contributed by atoms with van der Waals surface area (Å²) in [5.74, 6) is -2.00. The average Bonchev–Trinajstić information content (AvgIpc) is 3.14. The molecule has 13 heteroatoms. The largest absolute Gasteiger partial charge is 0.502 e. The molecule has 3 fully saturated rings. The first-order valence-corrected chi connectivity index (χ1v) is 12.0. The van der Waals surface area contributed by atoms with Crippen LogP contribution in [-0.4, -0.2) is 113 Å². The first-order chi connectivity index (χ1) is 17.5. The van der Waals surface area contributed by atoms with Crippen LogP contribution in [0.15, 0.2) is 12.1 Å². The Morgan fingerprint density at radius 2 is 1.73 bits per heavy atom. The predicted octanol–water partition coefficient (Wildman–Crippen LogP) is -1.12. The average molecular weight is 531 g/mol. The number of phenols is 1. The summed E-state index contributed by atoms with van der Waals surface area (Å²) in [4.78, 5) is 13.0. The number of fused-ring (bicyclic) bond motifs is 1. The Bertz CT molecular complexity index is 941. The van der Waals surface area contributed by atoms with Gasteiger partial charge in [-0.15, -0.1) is 0 Å². The number of rotatable bonds is 7.